The molecule has 0 fully saturated rings. The van der Waals surface area contributed by atoms with Crippen LogP contribution in [0.5, 0.6) is 0 Å². The number of para-hydroxylation sites is 4. The molecule has 92 heavy (non-hydrogen) atoms. The van der Waals surface area contributed by atoms with E-state index in [4.69, 9.17) is 13.1 Å². The Labute approximate surface area is 531 Å². The lowest BCUT2D eigenvalue weighted by molar-refractivity contribution is 1.18. The molecule has 0 atom stereocenters. The summed E-state index contributed by atoms with van der Waals surface area (Å²) in [6.07, 6.45) is 0. The molecule has 428 valence electrons. The molecule has 0 aliphatic carbocycles. The molecule has 0 unspecified atom stereocenters. The van der Waals surface area contributed by atoms with E-state index in [1.54, 1.807) is 0 Å². The van der Waals surface area contributed by atoms with Crippen molar-refractivity contribution in [1.29, 1.82) is 0 Å². The van der Waals surface area contributed by atoms with Gasteiger partial charge in [0.1, 0.15) is 0 Å². The maximum Gasteiger partial charge on any atom is 0.188 e. The Balaban J connectivity index is 0.000000141. The first-order valence-electron chi connectivity index (χ1n) is 30.9. The van der Waals surface area contributed by atoms with Crippen LogP contribution in [0.15, 0.2) is 328 Å². The number of aromatic nitrogens is 4. The van der Waals surface area contributed by atoms with E-state index in [1.165, 1.54) is 65.9 Å². The summed E-state index contributed by atoms with van der Waals surface area (Å²) in [6, 6.07) is 116. The SMILES string of the molecule is [C-]#[N+]c1ccc2c(c1)c1cc(-c3ccc(-n4c5ccccc5c5ccccc54)cc3)ccc1n2-c1ccc(-c2ccccc2)cc1.[C-]#[N+]c1ccc2c(c1)c1cc(-c3ccc(-n4c5ccccc5c5ccccc54)cc3)ccc1n2-c1cccc(-c2ccccc2)c1. The third-order valence-electron chi connectivity index (χ3n) is 18.3. The van der Waals surface area contributed by atoms with Crippen molar-refractivity contribution in [2.24, 2.45) is 0 Å². The van der Waals surface area contributed by atoms with Crippen LogP contribution in [0.2, 0.25) is 0 Å². The zero-order chi connectivity index (χ0) is 61.2. The van der Waals surface area contributed by atoms with Gasteiger partial charge in [0.25, 0.3) is 0 Å². The van der Waals surface area contributed by atoms with Crippen molar-refractivity contribution >= 4 is 98.6 Å². The van der Waals surface area contributed by atoms with Crippen molar-refractivity contribution in [2.45, 2.75) is 0 Å². The summed E-state index contributed by atoms with van der Waals surface area (Å²) < 4.78 is 9.32. The van der Waals surface area contributed by atoms with Gasteiger partial charge in [0, 0.05) is 55.1 Å². The van der Waals surface area contributed by atoms with Gasteiger partial charge in [0.15, 0.2) is 11.4 Å². The van der Waals surface area contributed by atoms with Crippen LogP contribution in [0.3, 0.4) is 0 Å². The number of nitrogens with zero attached hydrogens (tertiary/aromatic N) is 6. The van der Waals surface area contributed by atoms with Crippen LogP contribution >= 0.6 is 0 Å². The van der Waals surface area contributed by atoms with E-state index in [2.05, 4.69) is 319 Å². The fourth-order valence-electron chi connectivity index (χ4n) is 14.0. The standard InChI is InChI=1S/2C43H27N3/c1-44-33-21-25-43-39(28-33)38-27-32(20-24-42(38)46(43)35-13-9-12-31(26-35)29-10-3-2-4-11-29)30-18-22-34(23-19-30)45-40-16-7-5-14-36(40)37-15-6-8-17-41(37)45;1-44-33-20-26-43-39(28-33)38-27-32(19-25-42(38)46(43)35-21-15-30(16-22-35)29-9-3-2-4-10-29)31-17-23-34(24-18-31)45-40-13-7-5-11-36(40)37-12-6-8-14-41(37)45/h2*2-28H. The summed E-state index contributed by atoms with van der Waals surface area (Å²) in [5.74, 6) is 0. The van der Waals surface area contributed by atoms with Gasteiger partial charge in [-0.2, -0.15) is 0 Å². The molecule has 0 radical (unpaired) electrons. The Morgan fingerprint density at radius 1 is 0.174 bits per heavy atom. The highest BCUT2D eigenvalue weighted by molar-refractivity contribution is 6.14. The van der Waals surface area contributed by atoms with E-state index in [-0.39, 0.29) is 0 Å². The Kier molecular flexibility index (Phi) is 12.9. The lowest BCUT2D eigenvalue weighted by Gasteiger charge is -2.11. The van der Waals surface area contributed by atoms with Gasteiger partial charge >= 0.3 is 0 Å². The highest BCUT2D eigenvalue weighted by atomic mass is 15.0. The molecule has 0 saturated heterocycles. The fourth-order valence-corrected chi connectivity index (χ4v) is 14.0. The second kappa shape index (κ2) is 22.1. The number of rotatable bonds is 8. The van der Waals surface area contributed by atoms with E-state index in [0.29, 0.717) is 11.4 Å². The average Bonchev–Trinajstić information content (AvgIpc) is 1.89. The lowest BCUT2D eigenvalue weighted by Crippen LogP contribution is -1.94. The van der Waals surface area contributed by atoms with Crippen molar-refractivity contribution in [1.82, 2.24) is 18.3 Å². The molecule has 0 spiro atoms. The van der Waals surface area contributed by atoms with Crippen molar-refractivity contribution in [3.63, 3.8) is 0 Å². The first-order chi connectivity index (χ1) is 45.5. The maximum absolute atomic E-state index is 7.69. The Morgan fingerprint density at radius 2 is 0.435 bits per heavy atom. The Hall–Kier alpha value is -12.7. The van der Waals surface area contributed by atoms with E-state index < -0.39 is 0 Å². The third-order valence-corrected chi connectivity index (χ3v) is 18.3. The second-order valence-corrected chi connectivity index (χ2v) is 23.4. The predicted octanol–water partition coefficient (Wildman–Crippen LogP) is 23.5. The third kappa shape index (κ3) is 9.01. The molecule has 18 aromatic rings. The van der Waals surface area contributed by atoms with Crippen LogP contribution in [0, 0.1) is 13.1 Å². The summed E-state index contributed by atoms with van der Waals surface area (Å²) in [5, 5.41) is 9.48. The Bertz CT molecular complexity index is 5880. The van der Waals surface area contributed by atoms with E-state index in [9.17, 15) is 0 Å². The molecule has 4 heterocycles. The minimum atomic E-state index is 0.644. The highest BCUT2D eigenvalue weighted by Gasteiger charge is 2.19. The van der Waals surface area contributed by atoms with Crippen molar-refractivity contribution in [3.8, 4) is 67.3 Å². The van der Waals surface area contributed by atoms with E-state index >= 15 is 0 Å². The molecular weight excluding hydrogens is 1120 g/mol. The molecule has 0 N–H and O–H groups in total. The maximum atomic E-state index is 7.69. The molecule has 4 aromatic heterocycles. The average molecular weight is 1170 g/mol. The van der Waals surface area contributed by atoms with Gasteiger partial charge in [-0.05, 0) is 177 Å². The topological polar surface area (TPSA) is 28.4 Å². The van der Waals surface area contributed by atoms with Crippen LogP contribution < -0.4 is 0 Å². The van der Waals surface area contributed by atoms with Crippen LogP contribution in [0.1, 0.15) is 0 Å². The van der Waals surface area contributed by atoms with Gasteiger partial charge in [0.2, 0.25) is 0 Å². The van der Waals surface area contributed by atoms with Gasteiger partial charge in [-0.3, -0.25) is 0 Å². The van der Waals surface area contributed by atoms with Crippen molar-refractivity contribution in [3.05, 3.63) is 350 Å². The normalized spacial score (nSPS) is 11.5. The van der Waals surface area contributed by atoms with Crippen LogP contribution in [-0.4, -0.2) is 18.3 Å². The Morgan fingerprint density at radius 3 is 0.815 bits per heavy atom. The van der Waals surface area contributed by atoms with E-state index in [0.717, 1.165) is 88.6 Å². The molecule has 0 amide bonds. The van der Waals surface area contributed by atoms with Crippen LogP contribution in [0.4, 0.5) is 11.4 Å². The summed E-state index contributed by atoms with van der Waals surface area (Å²) >= 11 is 0. The number of hydrogen-bond acceptors (Lipinski definition) is 0. The molecule has 0 bridgehead atoms. The first kappa shape index (κ1) is 53.5. The van der Waals surface area contributed by atoms with Gasteiger partial charge in [-0.1, -0.05) is 206 Å². The highest BCUT2D eigenvalue weighted by Crippen LogP contribution is 2.41. The van der Waals surface area contributed by atoms with Crippen LogP contribution in [-0.2, 0) is 0 Å². The quantitative estimate of drug-likeness (QED) is 0.136. The summed E-state index contributed by atoms with van der Waals surface area (Å²) in [4.78, 5) is 7.51. The van der Waals surface area contributed by atoms with Gasteiger partial charge in [-0.15, -0.1) is 0 Å². The molecule has 6 nitrogen and oxygen atoms in total. The summed E-state index contributed by atoms with van der Waals surface area (Å²) in [5.41, 5.74) is 24.3. The summed E-state index contributed by atoms with van der Waals surface area (Å²) in [7, 11) is 0. The fraction of sp³-hybridized carbons (Fsp3) is 0. The zero-order valence-corrected chi connectivity index (χ0v) is 49.9. The monoisotopic (exact) mass is 1170 g/mol. The largest absolute Gasteiger partial charge is 0.309 e. The number of fused-ring (bicyclic) bond motifs is 12. The minimum absolute atomic E-state index is 0.644. The molecule has 0 aliphatic rings. The molecule has 14 aromatic carbocycles. The van der Waals surface area contributed by atoms with Crippen molar-refractivity contribution in [2.75, 3.05) is 0 Å². The van der Waals surface area contributed by atoms with Gasteiger partial charge in [-0.25, -0.2) is 9.69 Å². The van der Waals surface area contributed by atoms with Gasteiger partial charge in [0.05, 0.1) is 57.3 Å². The van der Waals surface area contributed by atoms with E-state index in [1.807, 2.05) is 36.4 Å². The minimum Gasteiger partial charge on any atom is -0.309 e. The molecule has 6 heteroatoms. The molecule has 18 rings (SSSR count). The zero-order valence-electron chi connectivity index (χ0n) is 49.9. The summed E-state index contributed by atoms with van der Waals surface area (Å²) in [6.45, 7) is 15.4. The molecule has 0 saturated carbocycles. The van der Waals surface area contributed by atoms with Crippen molar-refractivity contribution < 1.29 is 0 Å². The van der Waals surface area contributed by atoms with Crippen LogP contribution in [0.25, 0.3) is 164 Å². The number of hydrogen-bond donors (Lipinski definition) is 0. The number of benzene rings is 14. The second-order valence-electron chi connectivity index (χ2n) is 23.4. The molecule has 0 aliphatic heterocycles. The smallest absolute Gasteiger partial charge is 0.188 e. The van der Waals surface area contributed by atoms with Gasteiger partial charge < -0.3 is 18.3 Å². The molecular formula is C86H54N6. The predicted molar refractivity (Wildman–Crippen MR) is 385 cm³/mol. The lowest BCUT2D eigenvalue weighted by atomic mass is 10.0. The first-order valence-corrected chi connectivity index (χ1v) is 30.9.